The van der Waals surface area contributed by atoms with Gasteiger partial charge in [0.05, 0.1) is 18.1 Å². The molecule has 32 heavy (non-hydrogen) atoms. The lowest BCUT2D eigenvalue weighted by Gasteiger charge is -2.30. The summed E-state index contributed by atoms with van der Waals surface area (Å²) in [6.45, 7) is 4.91. The van der Waals surface area contributed by atoms with E-state index in [9.17, 15) is 18.3 Å². The van der Waals surface area contributed by atoms with Gasteiger partial charge in [-0.25, -0.2) is 8.42 Å². The summed E-state index contributed by atoms with van der Waals surface area (Å²) in [4.78, 5) is 13.4. The zero-order chi connectivity index (χ0) is 23.1. The SMILES string of the molecule is CCOc1ccc(CN(CC(O)COc2ccc(C(C)=O)cc2)C2CCS(=O)(=O)C2)cc1. The Morgan fingerprint density at radius 1 is 1.09 bits per heavy atom. The fourth-order valence-electron chi connectivity index (χ4n) is 3.80. The largest absolute Gasteiger partial charge is 0.494 e. The van der Waals surface area contributed by atoms with Crippen molar-refractivity contribution in [3.63, 3.8) is 0 Å². The lowest BCUT2D eigenvalue weighted by atomic mass is 10.1. The molecule has 0 spiro atoms. The van der Waals surface area contributed by atoms with Crippen molar-refractivity contribution in [3.05, 3.63) is 59.7 Å². The fourth-order valence-corrected chi connectivity index (χ4v) is 5.56. The van der Waals surface area contributed by atoms with Crippen molar-refractivity contribution in [1.29, 1.82) is 0 Å². The zero-order valence-corrected chi connectivity index (χ0v) is 19.4. The van der Waals surface area contributed by atoms with Crippen molar-refractivity contribution in [1.82, 2.24) is 4.90 Å². The third-order valence-corrected chi connectivity index (χ3v) is 7.24. The molecule has 0 radical (unpaired) electrons. The number of hydrogen-bond donors (Lipinski definition) is 1. The topological polar surface area (TPSA) is 93.1 Å². The first-order valence-electron chi connectivity index (χ1n) is 10.8. The van der Waals surface area contributed by atoms with Gasteiger partial charge < -0.3 is 14.6 Å². The molecule has 0 amide bonds. The maximum atomic E-state index is 12.0. The van der Waals surface area contributed by atoms with Crippen LogP contribution in [0.3, 0.4) is 0 Å². The minimum absolute atomic E-state index is 0.0203. The predicted molar refractivity (Wildman–Crippen MR) is 123 cm³/mol. The van der Waals surface area contributed by atoms with Crippen molar-refractivity contribution in [2.75, 3.05) is 31.3 Å². The molecule has 3 rings (SSSR count). The van der Waals surface area contributed by atoms with E-state index in [1.54, 1.807) is 24.3 Å². The Labute approximate surface area is 189 Å². The summed E-state index contributed by atoms with van der Waals surface area (Å²) in [7, 11) is -3.05. The molecule has 2 atom stereocenters. The van der Waals surface area contributed by atoms with E-state index >= 15 is 0 Å². The highest BCUT2D eigenvalue weighted by Gasteiger charge is 2.33. The maximum Gasteiger partial charge on any atom is 0.159 e. The molecule has 1 aliphatic heterocycles. The number of benzene rings is 2. The number of rotatable bonds is 11. The van der Waals surface area contributed by atoms with Crippen LogP contribution in [0.5, 0.6) is 11.5 Å². The van der Waals surface area contributed by atoms with Gasteiger partial charge >= 0.3 is 0 Å². The number of nitrogens with zero attached hydrogens (tertiary/aromatic N) is 1. The Balaban J connectivity index is 1.62. The van der Waals surface area contributed by atoms with E-state index in [-0.39, 0.29) is 29.9 Å². The molecule has 0 aliphatic carbocycles. The predicted octanol–water partition coefficient (Wildman–Crippen LogP) is 2.72. The summed E-state index contributed by atoms with van der Waals surface area (Å²) in [6.07, 6.45) is -0.243. The Morgan fingerprint density at radius 3 is 2.28 bits per heavy atom. The number of Topliss-reactive ketones (excluding diaryl/α,β-unsaturated/α-hetero) is 1. The van der Waals surface area contributed by atoms with Crippen LogP contribution in [0.2, 0.25) is 0 Å². The van der Waals surface area contributed by atoms with E-state index < -0.39 is 15.9 Å². The number of carbonyl (C=O) groups is 1. The molecule has 2 aromatic rings. The summed E-state index contributed by atoms with van der Waals surface area (Å²) >= 11 is 0. The minimum atomic E-state index is -3.05. The van der Waals surface area contributed by atoms with Crippen LogP contribution >= 0.6 is 0 Å². The first kappa shape index (κ1) is 24.2. The highest BCUT2D eigenvalue weighted by molar-refractivity contribution is 7.91. The Hall–Kier alpha value is -2.42. The summed E-state index contributed by atoms with van der Waals surface area (Å²) in [5.74, 6) is 1.61. The molecular weight excluding hydrogens is 430 g/mol. The van der Waals surface area contributed by atoms with Crippen LogP contribution in [0.15, 0.2) is 48.5 Å². The Bertz CT molecular complexity index is 988. The molecule has 7 nitrogen and oxygen atoms in total. The highest BCUT2D eigenvalue weighted by Crippen LogP contribution is 2.22. The second-order valence-corrected chi connectivity index (χ2v) is 10.3. The Morgan fingerprint density at radius 2 is 1.72 bits per heavy atom. The molecule has 174 valence electrons. The molecule has 1 aliphatic rings. The highest BCUT2D eigenvalue weighted by atomic mass is 32.2. The molecule has 1 saturated heterocycles. The maximum absolute atomic E-state index is 12.0. The zero-order valence-electron chi connectivity index (χ0n) is 18.6. The van der Waals surface area contributed by atoms with Gasteiger partial charge in [-0.05, 0) is 62.2 Å². The third kappa shape index (κ3) is 7.05. The van der Waals surface area contributed by atoms with Gasteiger partial charge in [0.15, 0.2) is 15.6 Å². The second kappa shape index (κ2) is 10.9. The van der Waals surface area contributed by atoms with Gasteiger partial charge in [-0.2, -0.15) is 0 Å². The lowest BCUT2D eigenvalue weighted by Crippen LogP contribution is -2.42. The van der Waals surface area contributed by atoms with E-state index in [0.29, 0.717) is 37.4 Å². The van der Waals surface area contributed by atoms with Crippen LogP contribution in [-0.2, 0) is 16.4 Å². The normalized spacial score (nSPS) is 18.4. The van der Waals surface area contributed by atoms with Crippen molar-refractivity contribution in [2.45, 2.75) is 39.0 Å². The third-order valence-electron chi connectivity index (χ3n) is 5.49. The van der Waals surface area contributed by atoms with Gasteiger partial charge in [-0.1, -0.05) is 12.1 Å². The summed E-state index contributed by atoms with van der Waals surface area (Å²) < 4.78 is 35.2. The molecule has 1 N–H and O–H groups in total. The van der Waals surface area contributed by atoms with E-state index in [4.69, 9.17) is 9.47 Å². The molecule has 2 unspecified atom stereocenters. The summed E-state index contributed by atoms with van der Waals surface area (Å²) in [6, 6.07) is 14.3. The van der Waals surface area contributed by atoms with Crippen molar-refractivity contribution < 1.29 is 27.8 Å². The van der Waals surface area contributed by atoms with Crippen molar-refractivity contribution in [3.8, 4) is 11.5 Å². The molecule has 0 saturated carbocycles. The summed E-state index contributed by atoms with van der Waals surface area (Å²) in [5.41, 5.74) is 1.62. The number of hydrogen-bond acceptors (Lipinski definition) is 7. The molecule has 1 fully saturated rings. The van der Waals surface area contributed by atoms with Crippen molar-refractivity contribution >= 4 is 15.6 Å². The van der Waals surface area contributed by atoms with Gasteiger partial charge in [0, 0.05) is 24.7 Å². The molecule has 1 heterocycles. The monoisotopic (exact) mass is 461 g/mol. The first-order valence-corrected chi connectivity index (χ1v) is 12.7. The van der Waals surface area contributed by atoms with E-state index in [1.807, 2.05) is 36.1 Å². The van der Waals surface area contributed by atoms with Gasteiger partial charge in [0.2, 0.25) is 0 Å². The van der Waals surface area contributed by atoms with Gasteiger partial charge in [-0.15, -0.1) is 0 Å². The first-order chi connectivity index (χ1) is 15.3. The van der Waals surface area contributed by atoms with Crippen LogP contribution in [0.1, 0.15) is 36.2 Å². The molecule has 0 aromatic heterocycles. The standard InChI is InChI=1S/C24H31NO6S/c1-3-30-23-8-4-19(5-9-23)14-25(21-12-13-32(28,29)17-21)15-22(27)16-31-24-10-6-20(7-11-24)18(2)26/h4-11,21-22,27H,3,12-17H2,1-2H3. The van der Waals surface area contributed by atoms with Crippen LogP contribution in [0.4, 0.5) is 0 Å². The van der Waals surface area contributed by atoms with Gasteiger partial charge in [0.1, 0.15) is 24.2 Å². The molecule has 2 aromatic carbocycles. The van der Waals surface area contributed by atoms with E-state index in [1.165, 1.54) is 6.92 Å². The average molecular weight is 462 g/mol. The number of aliphatic hydroxyl groups is 1. The van der Waals surface area contributed by atoms with Crippen molar-refractivity contribution in [2.24, 2.45) is 0 Å². The quantitative estimate of drug-likeness (QED) is 0.514. The Kier molecular flexibility index (Phi) is 8.28. The molecule has 0 bridgehead atoms. The van der Waals surface area contributed by atoms with Gasteiger partial charge in [0.25, 0.3) is 0 Å². The number of carbonyl (C=O) groups excluding carboxylic acids is 1. The van der Waals surface area contributed by atoms with Crippen LogP contribution in [0.25, 0.3) is 0 Å². The number of sulfone groups is 1. The van der Waals surface area contributed by atoms with Crippen LogP contribution in [0, 0.1) is 0 Å². The van der Waals surface area contributed by atoms with Crippen LogP contribution < -0.4 is 9.47 Å². The van der Waals surface area contributed by atoms with Gasteiger partial charge in [-0.3, -0.25) is 9.69 Å². The van der Waals surface area contributed by atoms with Crippen LogP contribution in [-0.4, -0.2) is 67.6 Å². The lowest BCUT2D eigenvalue weighted by molar-refractivity contribution is 0.0524. The molecular formula is C24H31NO6S. The van der Waals surface area contributed by atoms with E-state index in [0.717, 1.165) is 11.3 Å². The molecule has 8 heteroatoms. The number of aliphatic hydroxyl groups excluding tert-OH is 1. The number of ketones is 1. The summed E-state index contributed by atoms with van der Waals surface area (Å²) in [5, 5.41) is 10.6. The second-order valence-electron chi connectivity index (χ2n) is 8.11. The number of ether oxygens (including phenoxy) is 2. The smallest absolute Gasteiger partial charge is 0.159 e. The minimum Gasteiger partial charge on any atom is -0.494 e. The van der Waals surface area contributed by atoms with E-state index in [2.05, 4.69) is 0 Å². The fraction of sp³-hybridized carbons (Fsp3) is 0.458. The average Bonchev–Trinajstić information content (AvgIpc) is 3.13.